The molecule has 0 bridgehead atoms. The summed E-state index contributed by atoms with van der Waals surface area (Å²) >= 11 is 0. The first kappa shape index (κ1) is 18.0. The summed E-state index contributed by atoms with van der Waals surface area (Å²) in [4.78, 5) is 18.2. The minimum absolute atomic E-state index is 0.495. The topological polar surface area (TPSA) is 84.2 Å². The normalized spacial score (nSPS) is 17.9. The number of ether oxygens (including phenoxy) is 1. The van der Waals surface area contributed by atoms with Gasteiger partial charge in [-0.25, -0.2) is 14.6 Å². The van der Waals surface area contributed by atoms with Crippen LogP contribution < -0.4 is 10.2 Å². The summed E-state index contributed by atoms with van der Waals surface area (Å²) in [7, 11) is 0. The lowest BCUT2D eigenvalue weighted by molar-refractivity contribution is 0.0104. The van der Waals surface area contributed by atoms with E-state index in [1.807, 2.05) is 24.3 Å². The molecule has 1 N–H and O–H groups in total. The van der Waals surface area contributed by atoms with Crippen molar-refractivity contribution in [3.05, 3.63) is 48.4 Å². The van der Waals surface area contributed by atoms with E-state index in [4.69, 9.17) is 9.72 Å². The highest BCUT2D eigenvalue weighted by molar-refractivity contribution is 5.56. The molecule has 2 saturated heterocycles. The van der Waals surface area contributed by atoms with Crippen molar-refractivity contribution in [3.8, 4) is 5.82 Å². The van der Waals surface area contributed by atoms with E-state index in [1.54, 1.807) is 17.2 Å². The molecule has 0 atom stereocenters. The molecule has 3 aromatic heterocycles. The number of hydrogen-bond donors (Lipinski definition) is 1. The van der Waals surface area contributed by atoms with Crippen LogP contribution in [0.15, 0.2) is 42.9 Å². The van der Waals surface area contributed by atoms with Crippen molar-refractivity contribution >= 4 is 17.6 Å². The molecule has 2 aliphatic heterocycles. The molecule has 5 rings (SSSR count). The molecule has 0 aromatic carbocycles. The van der Waals surface area contributed by atoms with Crippen LogP contribution in [0, 0.1) is 6.92 Å². The van der Waals surface area contributed by atoms with Gasteiger partial charge in [-0.1, -0.05) is 6.07 Å². The van der Waals surface area contributed by atoms with Gasteiger partial charge in [0.2, 0.25) is 5.95 Å². The highest BCUT2D eigenvalue weighted by Gasteiger charge is 2.33. The molecule has 2 aliphatic rings. The van der Waals surface area contributed by atoms with Gasteiger partial charge >= 0.3 is 0 Å². The first-order valence-corrected chi connectivity index (χ1v) is 9.90. The average Bonchev–Trinajstić information content (AvgIpc) is 3.16. The van der Waals surface area contributed by atoms with E-state index in [9.17, 15) is 0 Å². The van der Waals surface area contributed by atoms with E-state index < -0.39 is 0 Å². The van der Waals surface area contributed by atoms with Crippen molar-refractivity contribution in [1.29, 1.82) is 0 Å². The predicted octanol–water partition coefficient (Wildman–Crippen LogP) is 1.63. The van der Waals surface area contributed by atoms with Gasteiger partial charge in [0.15, 0.2) is 5.82 Å². The Morgan fingerprint density at radius 2 is 1.93 bits per heavy atom. The average molecular weight is 392 g/mol. The van der Waals surface area contributed by atoms with E-state index in [0.29, 0.717) is 12.0 Å². The summed E-state index contributed by atoms with van der Waals surface area (Å²) in [5.74, 6) is 2.95. The SMILES string of the molecule is Cc1cc(Nc2ncn(-c3ccccn3)n2)nc(N2CC(N3CCOCC3)C2)c1. The van der Waals surface area contributed by atoms with E-state index >= 15 is 0 Å². The Balaban J connectivity index is 1.26. The number of aryl methyl sites for hydroxylation is 1. The van der Waals surface area contributed by atoms with Crippen molar-refractivity contribution in [2.75, 3.05) is 49.6 Å². The standard InChI is InChI=1S/C20H24N8O/c1-15-10-17(24-20-22-14-28(25-20)18-4-2-3-5-21-18)23-19(11-15)27-12-16(13-27)26-6-8-29-9-7-26/h2-5,10-11,14,16H,6-9,12-13H2,1H3,(H,23,24,25). The smallest absolute Gasteiger partial charge is 0.248 e. The number of rotatable bonds is 5. The van der Waals surface area contributed by atoms with E-state index in [1.165, 1.54) is 0 Å². The molecular weight excluding hydrogens is 368 g/mol. The number of morpholine rings is 1. The van der Waals surface area contributed by atoms with Crippen molar-refractivity contribution in [2.24, 2.45) is 0 Å². The molecule has 0 amide bonds. The van der Waals surface area contributed by atoms with Gasteiger partial charge < -0.3 is 15.0 Å². The van der Waals surface area contributed by atoms with Crippen LogP contribution in [-0.4, -0.2) is 75.1 Å². The number of nitrogens with one attached hydrogen (secondary N) is 1. The Morgan fingerprint density at radius 3 is 2.72 bits per heavy atom. The fourth-order valence-electron chi connectivity index (χ4n) is 3.73. The van der Waals surface area contributed by atoms with Gasteiger partial charge in [-0.15, -0.1) is 5.10 Å². The maximum Gasteiger partial charge on any atom is 0.248 e. The van der Waals surface area contributed by atoms with Gasteiger partial charge in [0.1, 0.15) is 18.0 Å². The summed E-state index contributed by atoms with van der Waals surface area (Å²) in [6.45, 7) is 7.81. The van der Waals surface area contributed by atoms with Gasteiger partial charge in [-0.2, -0.15) is 4.98 Å². The molecule has 9 heteroatoms. The highest BCUT2D eigenvalue weighted by Crippen LogP contribution is 2.26. The molecule has 0 aliphatic carbocycles. The zero-order valence-corrected chi connectivity index (χ0v) is 16.4. The minimum Gasteiger partial charge on any atom is -0.379 e. The van der Waals surface area contributed by atoms with Crippen LogP contribution in [0.2, 0.25) is 0 Å². The minimum atomic E-state index is 0.495. The highest BCUT2D eigenvalue weighted by atomic mass is 16.5. The zero-order valence-electron chi connectivity index (χ0n) is 16.4. The van der Waals surface area contributed by atoms with Gasteiger partial charge in [-0.3, -0.25) is 4.90 Å². The molecule has 0 spiro atoms. The fourth-order valence-corrected chi connectivity index (χ4v) is 3.73. The van der Waals surface area contributed by atoms with E-state index in [2.05, 4.69) is 43.2 Å². The maximum atomic E-state index is 5.45. The fraction of sp³-hybridized carbons (Fsp3) is 0.400. The van der Waals surface area contributed by atoms with Crippen LogP contribution in [-0.2, 0) is 4.74 Å². The summed E-state index contributed by atoms with van der Waals surface area (Å²) in [5, 5.41) is 7.66. The number of hydrogen-bond acceptors (Lipinski definition) is 8. The molecule has 0 unspecified atom stereocenters. The monoisotopic (exact) mass is 392 g/mol. The number of pyridine rings is 2. The van der Waals surface area contributed by atoms with Crippen LogP contribution in [0.5, 0.6) is 0 Å². The second-order valence-electron chi connectivity index (χ2n) is 7.42. The number of nitrogens with zero attached hydrogens (tertiary/aromatic N) is 7. The Morgan fingerprint density at radius 1 is 1.07 bits per heavy atom. The Labute approximate surface area is 169 Å². The Kier molecular flexibility index (Phi) is 4.82. The van der Waals surface area contributed by atoms with Crippen molar-refractivity contribution < 1.29 is 4.74 Å². The largest absolute Gasteiger partial charge is 0.379 e. The van der Waals surface area contributed by atoms with Crippen LogP contribution in [0.25, 0.3) is 5.82 Å². The van der Waals surface area contributed by atoms with E-state index in [0.717, 1.165) is 62.4 Å². The third-order valence-corrected chi connectivity index (χ3v) is 5.32. The van der Waals surface area contributed by atoms with Crippen molar-refractivity contribution in [3.63, 3.8) is 0 Å². The summed E-state index contributed by atoms with van der Waals surface area (Å²) < 4.78 is 7.09. The lowest BCUT2D eigenvalue weighted by Crippen LogP contribution is -2.61. The third kappa shape index (κ3) is 3.92. The Bertz CT molecular complexity index is 964. The summed E-state index contributed by atoms with van der Waals surface area (Å²) in [5.41, 5.74) is 1.15. The third-order valence-electron chi connectivity index (χ3n) is 5.32. The van der Waals surface area contributed by atoms with E-state index in [-0.39, 0.29) is 0 Å². The number of anilines is 3. The van der Waals surface area contributed by atoms with Crippen LogP contribution in [0.1, 0.15) is 5.56 Å². The van der Waals surface area contributed by atoms with Crippen LogP contribution >= 0.6 is 0 Å². The Hall–Kier alpha value is -3.04. The molecule has 3 aromatic rings. The first-order chi connectivity index (χ1) is 14.2. The van der Waals surface area contributed by atoms with Gasteiger partial charge in [0, 0.05) is 38.4 Å². The lowest BCUT2D eigenvalue weighted by atomic mass is 10.1. The second kappa shape index (κ2) is 7.76. The quantitative estimate of drug-likeness (QED) is 0.701. The maximum absolute atomic E-state index is 5.45. The molecule has 0 saturated carbocycles. The lowest BCUT2D eigenvalue weighted by Gasteiger charge is -2.47. The van der Waals surface area contributed by atoms with Crippen LogP contribution in [0.4, 0.5) is 17.6 Å². The first-order valence-electron chi connectivity index (χ1n) is 9.90. The molecule has 29 heavy (non-hydrogen) atoms. The predicted molar refractivity (Wildman–Crippen MR) is 110 cm³/mol. The van der Waals surface area contributed by atoms with Crippen molar-refractivity contribution in [2.45, 2.75) is 13.0 Å². The molecule has 2 fully saturated rings. The second-order valence-corrected chi connectivity index (χ2v) is 7.42. The van der Waals surface area contributed by atoms with Gasteiger partial charge in [0.25, 0.3) is 0 Å². The summed E-state index contributed by atoms with van der Waals surface area (Å²) in [6, 6.07) is 10.4. The molecule has 150 valence electrons. The van der Waals surface area contributed by atoms with Crippen LogP contribution in [0.3, 0.4) is 0 Å². The number of aromatic nitrogens is 5. The van der Waals surface area contributed by atoms with Gasteiger partial charge in [0.05, 0.1) is 13.2 Å². The molecule has 0 radical (unpaired) electrons. The summed E-state index contributed by atoms with van der Waals surface area (Å²) in [6.07, 6.45) is 3.37. The van der Waals surface area contributed by atoms with Gasteiger partial charge in [-0.05, 0) is 36.8 Å². The molecule has 9 nitrogen and oxygen atoms in total. The van der Waals surface area contributed by atoms with Crippen molar-refractivity contribution in [1.82, 2.24) is 29.6 Å². The zero-order chi connectivity index (χ0) is 19.6. The molecule has 5 heterocycles. The molecular formula is C20H24N8O.